The third-order valence-electron chi connectivity index (χ3n) is 3.57. The van der Waals surface area contributed by atoms with E-state index in [9.17, 15) is 9.18 Å². The molecule has 1 amide bonds. The van der Waals surface area contributed by atoms with E-state index in [1.54, 1.807) is 42.6 Å². The second kappa shape index (κ2) is 7.32. The van der Waals surface area contributed by atoms with Gasteiger partial charge in [-0.3, -0.25) is 9.78 Å². The lowest BCUT2D eigenvalue weighted by molar-refractivity contribution is 0.102. The van der Waals surface area contributed by atoms with Crippen LogP contribution in [0.15, 0.2) is 60.9 Å². The normalized spacial score (nSPS) is 10.4. The zero-order valence-corrected chi connectivity index (χ0v) is 14.1. The van der Waals surface area contributed by atoms with Crippen molar-refractivity contribution in [1.29, 1.82) is 0 Å². The van der Waals surface area contributed by atoms with Gasteiger partial charge in [-0.15, -0.1) is 0 Å². The molecule has 0 atom stereocenters. The Kier molecular flexibility index (Phi) is 4.95. The number of nitrogens with one attached hydrogen (secondary N) is 2. The standard InChI is InChI=1S/C19H15ClFN3O/c1-12-8-14(20)2-7-18(12)24-19(25)13-9-17(11-22-10-13)23-16-5-3-15(21)4-6-16/h2-11,23H,1H3,(H,24,25). The third-order valence-corrected chi connectivity index (χ3v) is 3.81. The molecular formula is C19H15ClFN3O. The number of nitrogens with zero attached hydrogens (tertiary/aromatic N) is 1. The summed E-state index contributed by atoms with van der Waals surface area (Å²) in [4.78, 5) is 16.5. The molecule has 2 N–H and O–H groups in total. The smallest absolute Gasteiger partial charge is 0.257 e. The molecule has 25 heavy (non-hydrogen) atoms. The van der Waals surface area contributed by atoms with Crippen molar-refractivity contribution in [2.45, 2.75) is 6.92 Å². The lowest BCUT2D eigenvalue weighted by Crippen LogP contribution is -2.13. The predicted molar refractivity (Wildman–Crippen MR) is 98.1 cm³/mol. The van der Waals surface area contributed by atoms with Crippen molar-refractivity contribution in [2.24, 2.45) is 0 Å². The maximum Gasteiger partial charge on any atom is 0.257 e. The van der Waals surface area contributed by atoms with Crippen LogP contribution in [-0.4, -0.2) is 10.9 Å². The highest BCUT2D eigenvalue weighted by Crippen LogP contribution is 2.21. The van der Waals surface area contributed by atoms with Crippen LogP contribution in [0.1, 0.15) is 15.9 Å². The number of benzene rings is 2. The summed E-state index contributed by atoms with van der Waals surface area (Å²) in [6.07, 6.45) is 3.07. The molecule has 0 spiro atoms. The van der Waals surface area contributed by atoms with Crippen LogP contribution in [0.5, 0.6) is 0 Å². The van der Waals surface area contributed by atoms with Crippen molar-refractivity contribution in [3.8, 4) is 0 Å². The molecule has 0 radical (unpaired) electrons. The summed E-state index contributed by atoms with van der Waals surface area (Å²) >= 11 is 5.92. The number of hydrogen-bond acceptors (Lipinski definition) is 3. The Labute approximate surface area is 149 Å². The fourth-order valence-corrected chi connectivity index (χ4v) is 2.52. The van der Waals surface area contributed by atoms with E-state index in [0.29, 0.717) is 27.6 Å². The van der Waals surface area contributed by atoms with Crippen LogP contribution in [0.2, 0.25) is 5.02 Å². The molecule has 0 saturated carbocycles. The highest BCUT2D eigenvalue weighted by atomic mass is 35.5. The molecule has 3 rings (SSSR count). The van der Waals surface area contributed by atoms with Gasteiger partial charge in [0.15, 0.2) is 0 Å². The minimum atomic E-state index is -0.310. The average Bonchev–Trinajstić information content (AvgIpc) is 2.60. The van der Waals surface area contributed by atoms with Crippen molar-refractivity contribution < 1.29 is 9.18 Å². The molecule has 0 saturated heterocycles. The Bertz CT molecular complexity index is 913. The summed E-state index contributed by atoms with van der Waals surface area (Å²) in [5, 5.41) is 6.53. The van der Waals surface area contributed by atoms with Gasteiger partial charge < -0.3 is 10.6 Å². The van der Waals surface area contributed by atoms with Gasteiger partial charge in [0.25, 0.3) is 5.91 Å². The second-order valence-electron chi connectivity index (χ2n) is 5.51. The predicted octanol–water partition coefficient (Wildman–Crippen LogP) is 5.18. The first kappa shape index (κ1) is 16.9. The molecule has 0 aliphatic rings. The first-order valence-corrected chi connectivity index (χ1v) is 7.94. The first-order valence-electron chi connectivity index (χ1n) is 7.56. The summed E-state index contributed by atoms with van der Waals surface area (Å²) in [7, 11) is 0. The number of halogens is 2. The summed E-state index contributed by atoms with van der Waals surface area (Å²) in [5.41, 5.74) is 3.29. The van der Waals surface area contributed by atoms with E-state index >= 15 is 0 Å². The SMILES string of the molecule is Cc1cc(Cl)ccc1NC(=O)c1cncc(Nc2ccc(F)cc2)c1. The van der Waals surface area contributed by atoms with Crippen LogP contribution in [0.25, 0.3) is 0 Å². The van der Waals surface area contributed by atoms with Crippen LogP contribution in [-0.2, 0) is 0 Å². The van der Waals surface area contributed by atoms with E-state index in [4.69, 9.17) is 11.6 Å². The van der Waals surface area contributed by atoms with Gasteiger partial charge in [-0.05, 0) is 61.0 Å². The van der Waals surface area contributed by atoms with Gasteiger partial charge in [0.2, 0.25) is 0 Å². The molecule has 0 aliphatic carbocycles. The number of hydrogen-bond donors (Lipinski definition) is 2. The largest absolute Gasteiger partial charge is 0.354 e. The van der Waals surface area contributed by atoms with Crippen LogP contribution in [0, 0.1) is 12.7 Å². The molecule has 0 unspecified atom stereocenters. The van der Waals surface area contributed by atoms with Gasteiger partial charge in [0, 0.05) is 22.6 Å². The van der Waals surface area contributed by atoms with E-state index in [1.165, 1.54) is 18.3 Å². The third kappa shape index (κ3) is 4.33. The molecule has 6 heteroatoms. The van der Waals surface area contributed by atoms with Crippen LogP contribution < -0.4 is 10.6 Å². The van der Waals surface area contributed by atoms with Crippen LogP contribution >= 0.6 is 11.6 Å². The molecule has 4 nitrogen and oxygen atoms in total. The van der Waals surface area contributed by atoms with Crippen LogP contribution in [0.3, 0.4) is 0 Å². The minimum Gasteiger partial charge on any atom is -0.354 e. The number of aromatic nitrogens is 1. The van der Waals surface area contributed by atoms with Crippen molar-refractivity contribution in [3.05, 3.63) is 82.9 Å². The van der Waals surface area contributed by atoms with E-state index in [2.05, 4.69) is 15.6 Å². The van der Waals surface area contributed by atoms with Gasteiger partial charge in [-0.25, -0.2) is 4.39 Å². The molecule has 0 bridgehead atoms. The van der Waals surface area contributed by atoms with Gasteiger partial charge in [-0.2, -0.15) is 0 Å². The van der Waals surface area contributed by atoms with Gasteiger partial charge in [0.1, 0.15) is 5.82 Å². The zero-order chi connectivity index (χ0) is 17.8. The van der Waals surface area contributed by atoms with Crippen molar-refractivity contribution in [1.82, 2.24) is 4.98 Å². The molecule has 0 fully saturated rings. The molecule has 2 aromatic carbocycles. The molecule has 1 heterocycles. The Morgan fingerprint density at radius 3 is 2.52 bits per heavy atom. The Hall–Kier alpha value is -2.92. The summed E-state index contributed by atoms with van der Waals surface area (Å²) in [5.74, 6) is -0.587. The highest BCUT2D eigenvalue weighted by Gasteiger charge is 2.09. The number of rotatable bonds is 4. The maximum atomic E-state index is 13.0. The molecule has 0 aliphatic heterocycles. The van der Waals surface area contributed by atoms with E-state index < -0.39 is 0 Å². The van der Waals surface area contributed by atoms with Crippen molar-refractivity contribution in [3.63, 3.8) is 0 Å². The molecule has 126 valence electrons. The number of anilines is 3. The summed E-state index contributed by atoms with van der Waals surface area (Å²) in [6.45, 7) is 1.87. The first-order chi connectivity index (χ1) is 12.0. The summed E-state index contributed by atoms with van der Waals surface area (Å²) < 4.78 is 13.0. The zero-order valence-electron chi connectivity index (χ0n) is 13.4. The number of pyridine rings is 1. The molecular weight excluding hydrogens is 341 g/mol. The molecule has 1 aromatic heterocycles. The van der Waals surface area contributed by atoms with Gasteiger partial charge in [-0.1, -0.05) is 11.6 Å². The number of carbonyl (C=O) groups is 1. The number of carbonyl (C=O) groups excluding carboxylic acids is 1. The fourth-order valence-electron chi connectivity index (χ4n) is 2.29. The van der Waals surface area contributed by atoms with Gasteiger partial charge >= 0.3 is 0 Å². The summed E-state index contributed by atoms with van der Waals surface area (Å²) in [6, 6.07) is 12.9. The second-order valence-corrected chi connectivity index (χ2v) is 5.94. The average molecular weight is 356 g/mol. The topological polar surface area (TPSA) is 54.0 Å². The van der Waals surface area contributed by atoms with E-state index in [0.717, 1.165) is 5.56 Å². The lowest BCUT2D eigenvalue weighted by atomic mass is 10.2. The van der Waals surface area contributed by atoms with Gasteiger partial charge in [0.05, 0.1) is 17.4 Å². The lowest BCUT2D eigenvalue weighted by Gasteiger charge is -2.10. The maximum absolute atomic E-state index is 13.0. The van der Waals surface area contributed by atoms with Crippen molar-refractivity contribution >= 4 is 34.6 Å². The van der Waals surface area contributed by atoms with E-state index in [1.807, 2.05) is 6.92 Å². The molecule has 3 aromatic rings. The Morgan fingerprint density at radius 2 is 1.80 bits per heavy atom. The minimum absolute atomic E-state index is 0.277. The van der Waals surface area contributed by atoms with Crippen LogP contribution in [0.4, 0.5) is 21.5 Å². The van der Waals surface area contributed by atoms with Crippen molar-refractivity contribution in [2.75, 3.05) is 10.6 Å². The highest BCUT2D eigenvalue weighted by molar-refractivity contribution is 6.30. The Morgan fingerprint density at radius 1 is 1.04 bits per heavy atom. The fraction of sp³-hybridized carbons (Fsp3) is 0.0526. The number of amides is 1. The quantitative estimate of drug-likeness (QED) is 0.678. The van der Waals surface area contributed by atoms with E-state index in [-0.39, 0.29) is 11.7 Å². The Balaban J connectivity index is 1.76. The monoisotopic (exact) mass is 355 g/mol. The number of aryl methyl sites for hydroxylation is 1.